The van der Waals surface area contributed by atoms with E-state index in [9.17, 15) is 14.3 Å². The number of ether oxygens (including phenoxy) is 1. The number of halogens is 2. The normalized spacial score (nSPS) is 13.8. The van der Waals surface area contributed by atoms with Crippen molar-refractivity contribution in [1.82, 2.24) is 4.98 Å². The average molecular weight is 514 g/mol. The Morgan fingerprint density at radius 3 is 2.53 bits per heavy atom. The van der Waals surface area contributed by atoms with E-state index in [1.807, 2.05) is 43.3 Å². The van der Waals surface area contributed by atoms with Gasteiger partial charge >= 0.3 is 184 Å². The van der Waals surface area contributed by atoms with Gasteiger partial charge in [-0.25, -0.2) is 0 Å². The Labute approximate surface area is 183 Å². The fourth-order valence-electron chi connectivity index (χ4n) is 3.15. The molecule has 0 fully saturated rings. The van der Waals surface area contributed by atoms with E-state index in [2.05, 4.69) is 13.1 Å². The summed E-state index contributed by atoms with van der Waals surface area (Å²) in [5, 5.41) is 9.90. The first-order chi connectivity index (χ1) is 14.5. The van der Waals surface area contributed by atoms with E-state index in [-0.39, 0.29) is 5.56 Å². The zero-order valence-corrected chi connectivity index (χ0v) is 18.3. The van der Waals surface area contributed by atoms with Crippen molar-refractivity contribution < 1.29 is 40.2 Å². The van der Waals surface area contributed by atoms with Gasteiger partial charge in [0.05, 0.1) is 0 Å². The molecule has 3 aromatic rings. The molecule has 1 N–H and O–H groups in total. The molecule has 6 heteroatoms. The molecular weight excluding hydrogens is 496 g/mol. The van der Waals surface area contributed by atoms with Crippen molar-refractivity contribution in [3.05, 3.63) is 91.5 Å². The third kappa shape index (κ3) is 4.28. The standard InChI is InChI=1S/C24H18FINO3/c1-2-30-19-8-5-15(6-9-19)16-3-4-17(14-26-13-16)23-12-21(24(28)29)20-11-18(25)7-10-22(20)27-23/h3-14H,2H2,1H3,(H,28,29)/q-1. The van der Waals surface area contributed by atoms with Gasteiger partial charge in [-0.1, -0.05) is 0 Å². The van der Waals surface area contributed by atoms with Crippen LogP contribution in [0.4, 0.5) is 4.39 Å². The fourth-order valence-corrected chi connectivity index (χ4v) is 5.20. The molecule has 0 amide bonds. The molecule has 0 atom stereocenters. The van der Waals surface area contributed by atoms with Crippen LogP contribution in [0.1, 0.15) is 28.5 Å². The van der Waals surface area contributed by atoms with Crippen LogP contribution >= 0.6 is 0 Å². The van der Waals surface area contributed by atoms with Gasteiger partial charge in [0.25, 0.3) is 0 Å². The van der Waals surface area contributed by atoms with E-state index in [1.54, 1.807) is 0 Å². The van der Waals surface area contributed by atoms with E-state index in [1.165, 1.54) is 24.3 Å². The number of rotatable bonds is 5. The van der Waals surface area contributed by atoms with E-state index < -0.39 is 33.0 Å². The van der Waals surface area contributed by atoms with Gasteiger partial charge in [0.1, 0.15) is 0 Å². The van der Waals surface area contributed by atoms with E-state index in [0.29, 0.717) is 23.2 Å². The number of hydrogen-bond acceptors (Lipinski definition) is 3. The van der Waals surface area contributed by atoms with Crippen LogP contribution in [0.5, 0.6) is 5.75 Å². The molecule has 0 unspecified atom stereocenters. The number of aromatic carboxylic acids is 1. The minimum atomic E-state index is -1.10. The van der Waals surface area contributed by atoms with Gasteiger partial charge in [0.2, 0.25) is 0 Å². The van der Waals surface area contributed by atoms with Crippen LogP contribution in [-0.4, -0.2) is 22.7 Å². The van der Waals surface area contributed by atoms with Crippen molar-refractivity contribution in [1.29, 1.82) is 0 Å². The molecule has 1 aliphatic heterocycles. The Hall–Kier alpha value is -3.00. The number of fused-ring (bicyclic) bond motifs is 1. The maximum absolute atomic E-state index is 13.6. The molecule has 0 saturated carbocycles. The first-order valence-electron chi connectivity index (χ1n) is 9.33. The fraction of sp³-hybridized carbons (Fsp3) is 0.0833. The summed E-state index contributed by atoms with van der Waals surface area (Å²) in [6, 6.07) is 13.5. The maximum atomic E-state index is 13.6. The summed E-state index contributed by atoms with van der Waals surface area (Å²) >= 11 is -0.400. The minimum absolute atomic E-state index is 0.0472. The number of carboxylic acid groups (broad SMARTS) is 1. The Morgan fingerprint density at radius 1 is 1.07 bits per heavy atom. The third-order valence-corrected chi connectivity index (χ3v) is 6.66. The first kappa shape index (κ1) is 20.3. The Bertz CT molecular complexity index is 1210. The van der Waals surface area contributed by atoms with Gasteiger partial charge in [0, 0.05) is 0 Å². The molecule has 0 aliphatic carbocycles. The number of carboxylic acids is 1. The van der Waals surface area contributed by atoms with Gasteiger partial charge in [-0.05, 0) is 0 Å². The van der Waals surface area contributed by atoms with Crippen molar-refractivity contribution in [3.63, 3.8) is 0 Å². The second kappa shape index (κ2) is 8.79. The van der Waals surface area contributed by atoms with Crippen molar-refractivity contribution in [2.24, 2.45) is 0 Å². The third-order valence-electron chi connectivity index (χ3n) is 4.60. The molecule has 1 aromatic heterocycles. The number of nitrogens with zero attached hydrogens (tertiary/aromatic N) is 1. The van der Waals surface area contributed by atoms with E-state index in [0.717, 1.165) is 22.5 Å². The molecule has 4 rings (SSSR count). The summed E-state index contributed by atoms with van der Waals surface area (Å²) < 4.78 is 23.4. The summed E-state index contributed by atoms with van der Waals surface area (Å²) in [5.74, 6) is -0.746. The SMILES string of the molecule is CCOc1ccc(C2=C[I-]C=C(c3cc(C(=O)O)c4cc(F)ccc4n3)C=C2)cc1. The number of aromatic nitrogens is 1. The zero-order valence-electron chi connectivity index (χ0n) is 16.1. The molecule has 2 heterocycles. The van der Waals surface area contributed by atoms with Crippen LogP contribution in [0.3, 0.4) is 0 Å². The summed E-state index contributed by atoms with van der Waals surface area (Å²) in [4.78, 5) is 16.3. The molecule has 0 radical (unpaired) electrons. The van der Waals surface area contributed by atoms with Crippen LogP contribution in [0, 0.1) is 5.82 Å². The topological polar surface area (TPSA) is 59.4 Å². The molecule has 0 bridgehead atoms. The van der Waals surface area contributed by atoms with Crippen molar-refractivity contribution >= 4 is 28.0 Å². The van der Waals surface area contributed by atoms with E-state index >= 15 is 0 Å². The average Bonchev–Trinajstić information content (AvgIpc) is 3.00. The second-order valence-corrected chi connectivity index (χ2v) is 8.53. The first-order valence-corrected chi connectivity index (χ1v) is 11.8. The predicted octanol–water partition coefficient (Wildman–Crippen LogP) is 2.51. The molecular formula is C24H18FINO3-. The van der Waals surface area contributed by atoms with Gasteiger partial charge in [0.15, 0.2) is 0 Å². The van der Waals surface area contributed by atoms with Crippen molar-refractivity contribution in [3.8, 4) is 5.75 Å². The van der Waals surface area contributed by atoms with Gasteiger partial charge < -0.3 is 0 Å². The summed E-state index contributed by atoms with van der Waals surface area (Å²) in [6.45, 7) is 2.58. The Morgan fingerprint density at radius 2 is 1.80 bits per heavy atom. The molecule has 2 aromatic carbocycles. The Kier molecular flexibility index (Phi) is 5.94. The van der Waals surface area contributed by atoms with Crippen LogP contribution in [0.2, 0.25) is 0 Å². The van der Waals surface area contributed by atoms with E-state index in [4.69, 9.17) is 4.74 Å². The van der Waals surface area contributed by atoms with Crippen LogP contribution in [0.25, 0.3) is 22.0 Å². The number of hydrogen-bond donors (Lipinski definition) is 1. The quantitative estimate of drug-likeness (QED) is 0.532. The summed E-state index contributed by atoms with van der Waals surface area (Å²) in [5.41, 5.74) is 4.15. The monoisotopic (exact) mass is 514 g/mol. The van der Waals surface area contributed by atoms with Crippen molar-refractivity contribution in [2.75, 3.05) is 6.61 Å². The van der Waals surface area contributed by atoms with Crippen LogP contribution < -0.4 is 25.9 Å². The molecule has 30 heavy (non-hydrogen) atoms. The molecule has 0 spiro atoms. The van der Waals surface area contributed by atoms with Crippen LogP contribution in [0.15, 0.2) is 68.8 Å². The predicted molar refractivity (Wildman–Crippen MR) is 111 cm³/mol. The molecule has 4 nitrogen and oxygen atoms in total. The molecule has 152 valence electrons. The zero-order chi connectivity index (χ0) is 21.1. The molecule has 1 aliphatic rings. The number of benzene rings is 2. The van der Waals surface area contributed by atoms with Gasteiger partial charge in [-0.3, -0.25) is 0 Å². The van der Waals surface area contributed by atoms with Gasteiger partial charge in [-0.15, -0.1) is 0 Å². The van der Waals surface area contributed by atoms with Gasteiger partial charge in [-0.2, -0.15) is 0 Å². The second-order valence-electron chi connectivity index (χ2n) is 6.57. The summed E-state index contributed by atoms with van der Waals surface area (Å²) in [6.07, 6.45) is 3.98. The summed E-state index contributed by atoms with van der Waals surface area (Å²) in [7, 11) is 0. The molecule has 0 saturated heterocycles. The number of allylic oxidation sites excluding steroid dienone is 4. The van der Waals surface area contributed by atoms with Crippen molar-refractivity contribution in [2.45, 2.75) is 6.92 Å². The number of carbonyl (C=O) groups is 1. The van der Waals surface area contributed by atoms with Crippen LogP contribution in [-0.2, 0) is 0 Å². The number of pyridine rings is 1. The Balaban J connectivity index is 1.67.